The van der Waals surface area contributed by atoms with Gasteiger partial charge in [-0.25, -0.2) is 0 Å². The molecular weight excluding hydrogens is 194 g/mol. The molecular formula is C11H17NO3. The first-order valence-electron chi connectivity index (χ1n) is 5.85. The molecule has 3 rings (SSSR count). The Labute approximate surface area is 89.3 Å². The maximum atomic E-state index is 12.0. The molecule has 4 heteroatoms. The van der Waals surface area contributed by atoms with Crippen molar-refractivity contribution in [2.24, 2.45) is 5.41 Å². The first-order valence-corrected chi connectivity index (χ1v) is 5.85. The summed E-state index contributed by atoms with van der Waals surface area (Å²) in [6, 6.07) is 0. The molecule has 3 aliphatic rings. The highest BCUT2D eigenvalue weighted by molar-refractivity contribution is 5.86. The van der Waals surface area contributed by atoms with Gasteiger partial charge in [0.25, 0.3) is 0 Å². The molecule has 1 amide bonds. The Morgan fingerprint density at radius 1 is 1.07 bits per heavy atom. The van der Waals surface area contributed by atoms with Crippen LogP contribution in [0.4, 0.5) is 0 Å². The lowest BCUT2D eigenvalue weighted by molar-refractivity contribution is -0.298. The molecule has 0 unspecified atom stereocenters. The fourth-order valence-electron chi connectivity index (χ4n) is 3.25. The second-order valence-corrected chi connectivity index (χ2v) is 4.78. The molecule has 3 fully saturated rings. The van der Waals surface area contributed by atoms with E-state index in [0.29, 0.717) is 6.54 Å². The average molecular weight is 211 g/mol. The van der Waals surface area contributed by atoms with Crippen LogP contribution in [0.25, 0.3) is 0 Å². The number of hydrogen-bond acceptors (Lipinski definition) is 3. The lowest BCUT2D eigenvalue weighted by atomic mass is 9.79. The summed E-state index contributed by atoms with van der Waals surface area (Å²) in [5.74, 6) is -0.499. The quantitative estimate of drug-likeness (QED) is 0.645. The van der Waals surface area contributed by atoms with Gasteiger partial charge >= 0.3 is 0 Å². The lowest BCUT2D eigenvalue weighted by Gasteiger charge is -2.42. The SMILES string of the molecule is O=C1NCC2(OCCCO2)C12CCCC2. The Morgan fingerprint density at radius 3 is 2.40 bits per heavy atom. The van der Waals surface area contributed by atoms with Crippen molar-refractivity contribution in [2.75, 3.05) is 19.8 Å². The highest BCUT2D eigenvalue weighted by Gasteiger charge is 2.64. The van der Waals surface area contributed by atoms with E-state index in [1.807, 2.05) is 0 Å². The minimum atomic E-state index is -0.640. The summed E-state index contributed by atoms with van der Waals surface area (Å²) in [4.78, 5) is 12.0. The summed E-state index contributed by atoms with van der Waals surface area (Å²) in [5, 5.41) is 2.92. The smallest absolute Gasteiger partial charge is 0.231 e. The average Bonchev–Trinajstić information content (AvgIpc) is 2.85. The van der Waals surface area contributed by atoms with Crippen molar-refractivity contribution in [2.45, 2.75) is 37.9 Å². The van der Waals surface area contributed by atoms with Crippen LogP contribution in [0.3, 0.4) is 0 Å². The highest BCUT2D eigenvalue weighted by Crippen LogP contribution is 2.52. The number of ether oxygens (including phenoxy) is 2. The molecule has 0 aromatic heterocycles. The zero-order valence-electron chi connectivity index (χ0n) is 8.88. The van der Waals surface area contributed by atoms with Crippen LogP contribution in [0, 0.1) is 5.41 Å². The van der Waals surface area contributed by atoms with E-state index in [9.17, 15) is 4.79 Å². The van der Waals surface area contributed by atoms with Crippen LogP contribution in [-0.4, -0.2) is 31.5 Å². The van der Waals surface area contributed by atoms with Gasteiger partial charge in [-0.1, -0.05) is 12.8 Å². The number of carbonyl (C=O) groups is 1. The summed E-state index contributed by atoms with van der Waals surface area (Å²) >= 11 is 0. The van der Waals surface area contributed by atoms with Crippen LogP contribution < -0.4 is 5.32 Å². The largest absolute Gasteiger partial charge is 0.350 e. The van der Waals surface area contributed by atoms with Gasteiger partial charge in [0, 0.05) is 0 Å². The molecule has 0 atom stereocenters. The summed E-state index contributed by atoms with van der Waals surface area (Å²) in [6.07, 6.45) is 4.99. The first-order chi connectivity index (χ1) is 7.29. The molecule has 0 aromatic rings. The van der Waals surface area contributed by atoms with E-state index in [4.69, 9.17) is 9.47 Å². The van der Waals surface area contributed by atoms with Gasteiger partial charge < -0.3 is 14.8 Å². The van der Waals surface area contributed by atoms with E-state index in [0.717, 1.165) is 45.3 Å². The van der Waals surface area contributed by atoms with Crippen LogP contribution in [0.15, 0.2) is 0 Å². The van der Waals surface area contributed by atoms with Crippen LogP contribution >= 0.6 is 0 Å². The number of nitrogens with one attached hydrogen (secondary N) is 1. The maximum absolute atomic E-state index is 12.0. The van der Waals surface area contributed by atoms with Gasteiger partial charge in [0.05, 0.1) is 19.8 Å². The molecule has 0 aromatic carbocycles. The van der Waals surface area contributed by atoms with Gasteiger partial charge in [-0.3, -0.25) is 4.79 Å². The Balaban J connectivity index is 1.96. The number of fused-ring (bicyclic) bond motifs is 1. The molecule has 0 bridgehead atoms. The summed E-state index contributed by atoms with van der Waals surface area (Å²) in [6.45, 7) is 1.97. The van der Waals surface area contributed by atoms with Crippen LogP contribution in [0.5, 0.6) is 0 Å². The van der Waals surface area contributed by atoms with Crippen LogP contribution in [0.1, 0.15) is 32.1 Å². The predicted octanol–water partition coefficient (Wildman–Crippen LogP) is 0.810. The Bertz CT molecular complexity index is 278. The van der Waals surface area contributed by atoms with Gasteiger partial charge in [0.2, 0.25) is 5.91 Å². The molecule has 1 aliphatic carbocycles. The molecule has 2 spiro atoms. The van der Waals surface area contributed by atoms with Gasteiger partial charge in [0.15, 0.2) is 5.79 Å². The van der Waals surface area contributed by atoms with Crippen molar-refractivity contribution in [3.8, 4) is 0 Å². The Hall–Kier alpha value is -0.610. The molecule has 4 nitrogen and oxygen atoms in total. The normalized spacial score (nSPS) is 32.4. The second kappa shape index (κ2) is 3.19. The van der Waals surface area contributed by atoms with Crippen molar-refractivity contribution >= 4 is 5.91 Å². The highest BCUT2D eigenvalue weighted by atomic mass is 16.7. The molecule has 84 valence electrons. The second-order valence-electron chi connectivity index (χ2n) is 4.78. The van der Waals surface area contributed by atoms with Crippen molar-refractivity contribution in [3.63, 3.8) is 0 Å². The Kier molecular flexibility index (Phi) is 2.04. The van der Waals surface area contributed by atoms with E-state index < -0.39 is 5.79 Å². The molecule has 1 N–H and O–H groups in total. The third-order valence-electron chi connectivity index (χ3n) is 4.06. The van der Waals surface area contributed by atoms with Crippen molar-refractivity contribution in [3.05, 3.63) is 0 Å². The molecule has 0 radical (unpaired) electrons. The molecule has 15 heavy (non-hydrogen) atoms. The third-order valence-corrected chi connectivity index (χ3v) is 4.06. The summed E-state index contributed by atoms with van der Waals surface area (Å²) in [7, 11) is 0. The van der Waals surface area contributed by atoms with Gasteiger partial charge in [-0.2, -0.15) is 0 Å². The lowest BCUT2D eigenvalue weighted by Crippen LogP contribution is -2.54. The molecule has 1 saturated carbocycles. The standard InChI is InChI=1S/C11H17NO3/c13-9-10(4-1-2-5-10)11(8-12-9)14-6-3-7-15-11/h1-8H2,(H,12,13). The van der Waals surface area contributed by atoms with Gasteiger partial charge in [-0.15, -0.1) is 0 Å². The Morgan fingerprint density at radius 2 is 1.73 bits per heavy atom. The van der Waals surface area contributed by atoms with Crippen LogP contribution in [0.2, 0.25) is 0 Å². The topological polar surface area (TPSA) is 47.6 Å². The van der Waals surface area contributed by atoms with Crippen molar-refractivity contribution in [1.82, 2.24) is 5.32 Å². The third kappa shape index (κ3) is 1.12. The van der Waals surface area contributed by atoms with E-state index in [-0.39, 0.29) is 11.3 Å². The van der Waals surface area contributed by atoms with Crippen molar-refractivity contribution in [1.29, 1.82) is 0 Å². The van der Waals surface area contributed by atoms with Gasteiger partial charge in [-0.05, 0) is 19.3 Å². The van der Waals surface area contributed by atoms with Crippen molar-refractivity contribution < 1.29 is 14.3 Å². The zero-order chi connectivity index (χ0) is 10.4. The fourth-order valence-corrected chi connectivity index (χ4v) is 3.25. The van der Waals surface area contributed by atoms with Crippen LogP contribution in [-0.2, 0) is 14.3 Å². The van der Waals surface area contributed by atoms with E-state index >= 15 is 0 Å². The van der Waals surface area contributed by atoms with E-state index in [2.05, 4.69) is 5.32 Å². The number of rotatable bonds is 0. The number of amides is 1. The summed E-state index contributed by atoms with van der Waals surface area (Å²) < 4.78 is 11.7. The van der Waals surface area contributed by atoms with E-state index in [1.165, 1.54) is 0 Å². The monoisotopic (exact) mass is 211 g/mol. The molecule has 2 aliphatic heterocycles. The van der Waals surface area contributed by atoms with Gasteiger partial charge in [0.1, 0.15) is 5.41 Å². The first kappa shape index (κ1) is 9.60. The summed E-state index contributed by atoms with van der Waals surface area (Å²) in [5.41, 5.74) is -0.382. The zero-order valence-corrected chi connectivity index (χ0v) is 8.88. The molecule has 2 heterocycles. The number of hydrogen-bond donors (Lipinski definition) is 1. The number of carbonyl (C=O) groups excluding carboxylic acids is 1. The maximum Gasteiger partial charge on any atom is 0.231 e. The minimum Gasteiger partial charge on any atom is -0.350 e. The minimum absolute atomic E-state index is 0.141. The van der Waals surface area contributed by atoms with E-state index in [1.54, 1.807) is 0 Å². The molecule has 2 saturated heterocycles. The fraction of sp³-hybridized carbons (Fsp3) is 0.909. The predicted molar refractivity (Wildman–Crippen MR) is 53.2 cm³/mol.